The maximum absolute atomic E-state index is 12.8. The van der Waals surface area contributed by atoms with Crippen LogP contribution in [0.1, 0.15) is 16.1 Å². The van der Waals surface area contributed by atoms with Crippen LogP contribution in [0.3, 0.4) is 0 Å². The normalized spacial score (nSPS) is 11.2. The number of rotatable bonds is 6. The summed E-state index contributed by atoms with van der Waals surface area (Å²) in [5, 5.41) is 5.34. The highest BCUT2D eigenvalue weighted by Gasteiger charge is 2.14. The molecule has 33 heavy (non-hydrogen) atoms. The molecule has 0 unspecified atom stereocenters. The molecule has 0 amide bonds. The van der Waals surface area contributed by atoms with Crippen LogP contribution in [-0.2, 0) is 0 Å². The maximum Gasteiger partial charge on any atom is 0.221 e. The third-order valence-electron chi connectivity index (χ3n) is 5.21. The van der Waals surface area contributed by atoms with Gasteiger partial charge in [0, 0.05) is 22.9 Å². The molecule has 0 fully saturated rings. The van der Waals surface area contributed by atoms with Crippen molar-refractivity contribution < 1.29 is 9.21 Å². The zero-order valence-electron chi connectivity index (χ0n) is 17.6. The quantitative estimate of drug-likeness (QED) is 0.201. The fraction of sp³-hybridized carbons (Fsp3) is 0. The van der Waals surface area contributed by atoms with E-state index in [4.69, 9.17) is 21.1 Å². The molecule has 0 bridgehead atoms. The highest BCUT2D eigenvalue weighted by Crippen LogP contribution is 2.29. The summed E-state index contributed by atoms with van der Waals surface area (Å²) in [6, 6.07) is 30.5. The predicted molar refractivity (Wildman–Crippen MR) is 132 cm³/mol. The van der Waals surface area contributed by atoms with Crippen molar-refractivity contribution >= 4 is 23.5 Å². The first-order chi connectivity index (χ1) is 16.2. The summed E-state index contributed by atoms with van der Waals surface area (Å²) in [5.41, 5.74) is 4.28. The third kappa shape index (κ3) is 4.43. The molecule has 0 aliphatic heterocycles. The van der Waals surface area contributed by atoms with Gasteiger partial charge in [-0.05, 0) is 48.6 Å². The van der Waals surface area contributed by atoms with E-state index in [1.807, 2.05) is 89.7 Å². The lowest BCUT2D eigenvalue weighted by atomic mass is 10.1. The zero-order chi connectivity index (χ0) is 22.6. The topological polar surface area (TPSA) is 48.0 Å². The Bertz CT molecular complexity index is 1430. The number of halogens is 1. The summed E-state index contributed by atoms with van der Waals surface area (Å²) in [4.78, 5) is 12.8. The van der Waals surface area contributed by atoms with Gasteiger partial charge in [0.1, 0.15) is 5.76 Å². The number of carbonyl (C=O) groups excluding carboxylic acids is 1. The molecule has 0 aliphatic rings. The molecule has 0 aliphatic carbocycles. The summed E-state index contributed by atoms with van der Waals surface area (Å²) in [6.45, 7) is 0. The molecule has 0 N–H and O–H groups in total. The number of carbonyl (C=O) groups is 1. The van der Waals surface area contributed by atoms with Crippen LogP contribution in [0.15, 0.2) is 114 Å². The first-order valence-corrected chi connectivity index (χ1v) is 10.8. The summed E-state index contributed by atoms with van der Waals surface area (Å²) in [6.07, 6.45) is 5.20. The van der Waals surface area contributed by atoms with E-state index in [1.165, 1.54) is 6.08 Å². The number of hydrogen-bond donors (Lipinski definition) is 0. The van der Waals surface area contributed by atoms with Gasteiger partial charge in [-0.3, -0.25) is 4.79 Å². The Balaban J connectivity index is 1.46. The van der Waals surface area contributed by atoms with Crippen LogP contribution >= 0.6 is 11.6 Å². The van der Waals surface area contributed by atoms with E-state index < -0.39 is 0 Å². The number of benzene rings is 3. The first kappa shape index (κ1) is 20.7. The van der Waals surface area contributed by atoms with Crippen molar-refractivity contribution in [3.63, 3.8) is 0 Å². The standard InChI is InChI=1S/C28H19ClN2O2/c29-24-14-8-7-13-23(24)26-17-18-27(33-26)25(32)16-15-21-19-31(22-11-5-2-6-12-22)30-28(21)20-9-3-1-4-10-20/h1-19H. The highest BCUT2D eigenvalue weighted by atomic mass is 35.5. The zero-order valence-corrected chi connectivity index (χ0v) is 18.3. The molecule has 2 aromatic heterocycles. The van der Waals surface area contributed by atoms with Crippen molar-refractivity contribution in [2.24, 2.45) is 0 Å². The lowest BCUT2D eigenvalue weighted by Crippen LogP contribution is -1.93. The number of aromatic nitrogens is 2. The van der Waals surface area contributed by atoms with E-state index in [-0.39, 0.29) is 11.5 Å². The molecule has 4 nitrogen and oxygen atoms in total. The van der Waals surface area contributed by atoms with E-state index in [0.29, 0.717) is 10.8 Å². The maximum atomic E-state index is 12.8. The Labute approximate surface area is 196 Å². The van der Waals surface area contributed by atoms with Gasteiger partial charge in [0.25, 0.3) is 0 Å². The molecule has 160 valence electrons. The van der Waals surface area contributed by atoms with Crippen molar-refractivity contribution in [3.8, 4) is 28.3 Å². The van der Waals surface area contributed by atoms with Gasteiger partial charge in [0.05, 0.1) is 16.4 Å². The van der Waals surface area contributed by atoms with Crippen molar-refractivity contribution in [1.82, 2.24) is 9.78 Å². The van der Waals surface area contributed by atoms with Crippen LogP contribution in [0.5, 0.6) is 0 Å². The monoisotopic (exact) mass is 450 g/mol. The average Bonchev–Trinajstić information content (AvgIpc) is 3.52. The van der Waals surface area contributed by atoms with Crippen molar-refractivity contribution in [2.75, 3.05) is 0 Å². The fourth-order valence-electron chi connectivity index (χ4n) is 3.57. The summed E-state index contributed by atoms with van der Waals surface area (Å²) in [5.74, 6) is 0.567. The Kier molecular flexibility index (Phi) is 5.75. The number of allylic oxidation sites excluding steroid dienone is 1. The fourth-order valence-corrected chi connectivity index (χ4v) is 3.80. The van der Waals surface area contributed by atoms with Gasteiger partial charge in [-0.15, -0.1) is 0 Å². The Morgan fingerprint density at radius 2 is 1.55 bits per heavy atom. The van der Waals surface area contributed by atoms with Crippen molar-refractivity contribution in [2.45, 2.75) is 0 Å². The van der Waals surface area contributed by atoms with Gasteiger partial charge < -0.3 is 4.42 Å². The molecule has 5 heteroatoms. The second-order valence-corrected chi connectivity index (χ2v) is 7.83. The van der Waals surface area contributed by atoms with Crippen LogP contribution in [0.25, 0.3) is 34.3 Å². The number of nitrogens with zero attached hydrogens (tertiary/aromatic N) is 2. The average molecular weight is 451 g/mol. The van der Waals surface area contributed by atoms with Crippen molar-refractivity contribution in [3.05, 3.63) is 126 Å². The number of furan rings is 1. The molecular formula is C28H19ClN2O2. The van der Waals surface area contributed by atoms with E-state index in [0.717, 1.165) is 28.1 Å². The number of para-hydroxylation sites is 1. The van der Waals surface area contributed by atoms with Crippen LogP contribution < -0.4 is 0 Å². The lowest BCUT2D eigenvalue weighted by molar-refractivity contribution is 0.102. The molecule has 2 heterocycles. The second-order valence-electron chi connectivity index (χ2n) is 7.42. The summed E-state index contributed by atoms with van der Waals surface area (Å²) >= 11 is 6.25. The molecule has 0 spiro atoms. The van der Waals surface area contributed by atoms with Crippen LogP contribution in [0.4, 0.5) is 0 Å². The lowest BCUT2D eigenvalue weighted by Gasteiger charge is -2.00. The van der Waals surface area contributed by atoms with Crippen LogP contribution in [-0.4, -0.2) is 15.6 Å². The summed E-state index contributed by atoms with van der Waals surface area (Å²) in [7, 11) is 0. The van der Waals surface area contributed by atoms with Gasteiger partial charge in [0.15, 0.2) is 5.76 Å². The van der Waals surface area contributed by atoms with E-state index in [2.05, 4.69) is 0 Å². The molecule has 5 rings (SSSR count). The van der Waals surface area contributed by atoms with E-state index in [9.17, 15) is 4.79 Å². The molecule has 0 saturated carbocycles. The van der Waals surface area contributed by atoms with Crippen LogP contribution in [0, 0.1) is 0 Å². The predicted octanol–water partition coefficient (Wildman–Crippen LogP) is 7.35. The molecule has 0 radical (unpaired) electrons. The van der Waals surface area contributed by atoms with Gasteiger partial charge >= 0.3 is 0 Å². The van der Waals surface area contributed by atoms with Gasteiger partial charge in [-0.25, -0.2) is 4.68 Å². The highest BCUT2D eigenvalue weighted by molar-refractivity contribution is 6.33. The van der Waals surface area contributed by atoms with E-state index in [1.54, 1.807) is 24.3 Å². The Morgan fingerprint density at radius 1 is 0.848 bits per heavy atom. The number of ketones is 1. The molecule has 5 aromatic rings. The van der Waals surface area contributed by atoms with Gasteiger partial charge in [-0.1, -0.05) is 72.3 Å². The number of hydrogen-bond acceptors (Lipinski definition) is 3. The molecule has 0 saturated heterocycles. The van der Waals surface area contributed by atoms with Crippen LogP contribution in [0.2, 0.25) is 5.02 Å². The Morgan fingerprint density at radius 3 is 2.30 bits per heavy atom. The minimum Gasteiger partial charge on any atom is -0.453 e. The third-order valence-corrected chi connectivity index (χ3v) is 5.54. The second kappa shape index (κ2) is 9.15. The molecular weight excluding hydrogens is 432 g/mol. The first-order valence-electron chi connectivity index (χ1n) is 10.5. The molecule has 0 atom stereocenters. The van der Waals surface area contributed by atoms with Gasteiger partial charge in [-0.2, -0.15) is 5.10 Å². The van der Waals surface area contributed by atoms with Crippen molar-refractivity contribution in [1.29, 1.82) is 0 Å². The summed E-state index contributed by atoms with van der Waals surface area (Å²) < 4.78 is 7.60. The smallest absolute Gasteiger partial charge is 0.221 e. The minimum absolute atomic E-state index is 0.236. The minimum atomic E-state index is -0.236. The SMILES string of the molecule is O=C(C=Cc1cn(-c2ccccc2)nc1-c1ccccc1)c1ccc(-c2ccccc2Cl)o1. The Hall–Kier alpha value is -4.15. The van der Waals surface area contributed by atoms with E-state index >= 15 is 0 Å². The molecule has 3 aromatic carbocycles. The largest absolute Gasteiger partial charge is 0.453 e. The van der Waals surface area contributed by atoms with Gasteiger partial charge in [0.2, 0.25) is 5.78 Å².